The van der Waals surface area contributed by atoms with E-state index >= 15 is 0 Å². The van der Waals surface area contributed by atoms with Gasteiger partial charge in [0.25, 0.3) is 5.91 Å². The maximum Gasteiger partial charge on any atom is 0.393 e. The van der Waals surface area contributed by atoms with Crippen molar-refractivity contribution in [3.8, 4) is 5.82 Å². The van der Waals surface area contributed by atoms with Gasteiger partial charge in [-0.3, -0.25) is 9.36 Å². The van der Waals surface area contributed by atoms with Gasteiger partial charge in [-0.2, -0.15) is 13.2 Å². The Labute approximate surface area is 130 Å². The molecule has 0 unspecified atom stereocenters. The lowest BCUT2D eigenvalue weighted by atomic mass is 9.97. The molecule has 0 radical (unpaired) electrons. The zero-order valence-electron chi connectivity index (χ0n) is 12.2. The molecule has 1 saturated heterocycles. The first kappa shape index (κ1) is 15.5. The molecule has 1 atom stereocenters. The third-order valence-electron chi connectivity index (χ3n) is 3.94. The highest BCUT2D eigenvalue weighted by Crippen LogP contribution is 2.33. The van der Waals surface area contributed by atoms with E-state index in [1.165, 1.54) is 11.1 Å². The molecule has 3 heterocycles. The molecule has 2 aromatic rings. The number of rotatable bonds is 2. The molecule has 0 spiro atoms. The van der Waals surface area contributed by atoms with Gasteiger partial charge in [-0.25, -0.2) is 9.97 Å². The number of amides is 1. The average Bonchev–Trinajstić information content (AvgIpc) is 3.08. The summed E-state index contributed by atoms with van der Waals surface area (Å²) in [7, 11) is 0. The van der Waals surface area contributed by atoms with E-state index in [9.17, 15) is 18.0 Å². The topological polar surface area (TPSA) is 51.0 Å². The van der Waals surface area contributed by atoms with Gasteiger partial charge in [-0.05, 0) is 25.0 Å². The first-order valence-corrected chi connectivity index (χ1v) is 7.25. The van der Waals surface area contributed by atoms with Crippen LogP contribution in [0.4, 0.5) is 13.2 Å². The number of nitrogens with zero attached hydrogens (tertiary/aromatic N) is 4. The second-order valence-corrected chi connectivity index (χ2v) is 5.51. The second-order valence-electron chi connectivity index (χ2n) is 5.51. The molecule has 23 heavy (non-hydrogen) atoms. The highest BCUT2D eigenvalue weighted by molar-refractivity contribution is 5.94. The molecule has 3 rings (SSSR count). The van der Waals surface area contributed by atoms with Crippen LogP contribution in [0.5, 0.6) is 0 Å². The number of imidazole rings is 1. The van der Waals surface area contributed by atoms with E-state index < -0.39 is 18.0 Å². The highest BCUT2D eigenvalue weighted by Gasteiger charge is 2.42. The van der Waals surface area contributed by atoms with Crippen LogP contribution in [0.25, 0.3) is 5.82 Å². The minimum Gasteiger partial charge on any atom is -0.338 e. The van der Waals surface area contributed by atoms with Gasteiger partial charge in [0.2, 0.25) is 0 Å². The fourth-order valence-corrected chi connectivity index (χ4v) is 2.67. The molecule has 1 aliphatic heterocycles. The number of alkyl halides is 3. The Bertz CT molecular complexity index is 667. The van der Waals surface area contributed by atoms with Crippen LogP contribution in [-0.2, 0) is 0 Å². The molecule has 0 aliphatic carbocycles. The lowest BCUT2D eigenvalue weighted by molar-refractivity contribution is -0.184. The smallest absolute Gasteiger partial charge is 0.338 e. The van der Waals surface area contributed by atoms with Gasteiger partial charge in [0, 0.05) is 31.7 Å². The summed E-state index contributed by atoms with van der Waals surface area (Å²) in [6.45, 7) is 0.0558. The van der Waals surface area contributed by atoms with E-state index in [1.807, 2.05) is 0 Å². The predicted molar refractivity (Wildman–Crippen MR) is 76.0 cm³/mol. The number of halogens is 3. The first-order valence-electron chi connectivity index (χ1n) is 7.25. The van der Waals surface area contributed by atoms with Crippen LogP contribution < -0.4 is 0 Å². The Kier molecular flexibility index (Phi) is 4.06. The second kappa shape index (κ2) is 6.02. The number of piperidine rings is 1. The Balaban J connectivity index is 1.72. The average molecular weight is 324 g/mol. The van der Waals surface area contributed by atoms with E-state index in [1.54, 1.807) is 35.4 Å². The first-order chi connectivity index (χ1) is 10.9. The van der Waals surface area contributed by atoms with Crippen LogP contribution in [-0.4, -0.2) is 44.6 Å². The van der Waals surface area contributed by atoms with E-state index in [2.05, 4.69) is 9.97 Å². The minimum absolute atomic E-state index is 0.0745. The van der Waals surface area contributed by atoms with Gasteiger partial charge in [-0.1, -0.05) is 0 Å². The maximum absolute atomic E-state index is 12.8. The number of hydrogen-bond acceptors (Lipinski definition) is 3. The zero-order chi connectivity index (χ0) is 16.4. The molecular formula is C15H15F3N4O. The van der Waals surface area contributed by atoms with Crippen LogP contribution in [0, 0.1) is 5.92 Å². The van der Waals surface area contributed by atoms with Gasteiger partial charge < -0.3 is 4.90 Å². The van der Waals surface area contributed by atoms with Crippen molar-refractivity contribution in [2.24, 2.45) is 5.92 Å². The minimum atomic E-state index is -4.26. The Morgan fingerprint density at radius 3 is 2.74 bits per heavy atom. The van der Waals surface area contributed by atoms with Crippen molar-refractivity contribution in [1.29, 1.82) is 0 Å². The quantitative estimate of drug-likeness (QED) is 0.853. The largest absolute Gasteiger partial charge is 0.393 e. The lowest BCUT2D eigenvalue weighted by Crippen LogP contribution is -2.44. The van der Waals surface area contributed by atoms with Gasteiger partial charge in [0.15, 0.2) is 0 Å². The van der Waals surface area contributed by atoms with Crippen LogP contribution in [0.3, 0.4) is 0 Å². The molecule has 0 saturated carbocycles. The summed E-state index contributed by atoms with van der Waals surface area (Å²) in [6.07, 6.45) is 2.44. The van der Waals surface area contributed by atoms with Gasteiger partial charge in [0.1, 0.15) is 12.1 Å². The molecule has 5 nitrogen and oxygen atoms in total. The summed E-state index contributed by atoms with van der Waals surface area (Å²) in [5.41, 5.74) is 0.289. The van der Waals surface area contributed by atoms with Gasteiger partial charge >= 0.3 is 6.18 Å². The van der Waals surface area contributed by atoms with Crippen molar-refractivity contribution in [2.75, 3.05) is 13.1 Å². The number of carbonyl (C=O) groups excluding carboxylic acids is 1. The molecule has 2 aromatic heterocycles. The summed E-state index contributed by atoms with van der Waals surface area (Å²) in [6, 6.07) is 3.21. The van der Waals surface area contributed by atoms with E-state index in [0.717, 1.165) is 0 Å². The SMILES string of the molecule is O=C(c1ccc(-n2ccnc2)nc1)N1CCC[C@@H](C(F)(F)F)C1. The number of carbonyl (C=O) groups is 1. The van der Waals surface area contributed by atoms with Crippen molar-refractivity contribution < 1.29 is 18.0 Å². The standard InChI is InChI=1S/C15H15F3N4O/c16-15(17,18)12-2-1-6-21(9-12)14(23)11-3-4-13(20-8-11)22-7-5-19-10-22/h3-5,7-8,10,12H,1-2,6,9H2/t12-/m1/s1. The number of pyridine rings is 1. The molecule has 0 aromatic carbocycles. The Morgan fingerprint density at radius 2 is 2.13 bits per heavy atom. The normalized spacial score (nSPS) is 18.9. The van der Waals surface area contributed by atoms with Crippen molar-refractivity contribution in [3.05, 3.63) is 42.6 Å². The monoisotopic (exact) mass is 324 g/mol. The van der Waals surface area contributed by atoms with Gasteiger partial charge in [-0.15, -0.1) is 0 Å². The molecular weight excluding hydrogens is 309 g/mol. The number of aromatic nitrogens is 3. The van der Waals surface area contributed by atoms with E-state index in [-0.39, 0.29) is 18.5 Å². The van der Waals surface area contributed by atoms with Crippen molar-refractivity contribution in [3.63, 3.8) is 0 Å². The number of hydrogen-bond donors (Lipinski definition) is 0. The molecule has 1 aliphatic rings. The summed E-state index contributed by atoms with van der Waals surface area (Å²) in [4.78, 5) is 21.7. The third kappa shape index (κ3) is 3.35. The van der Waals surface area contributed by atoms with Crippen molar-refractivity contribution in [1.82, 2.24) is 19.4 Å². The van der Waals surface area contributed by atoms with Crippen molar-refractivity contribution in [2.45, 2.75) is 19.0 Å². The fourth-order valence-electron chi connectivity index (χ4n) is 2.67. The van der Waals surface area contributed by atoms with E-state index in [4.69, 9.17) is 0 Å². The third-order valence-corrected chi connectivity index (χ3v) is 3.94. The van der Waals surface area contributed by atoms with Crippen LogP contribution in [0.15, 0.2) is 37.1 Å². The number of likely N-dealkylation sites (tertiary alicyclic amines) is 1. The Hall–Kier alpha value is -2.38. The van der Waals surface area contributed by atoms with Crippen molar-refractivity contribution >= 4 is 5.91 Å². The van der Waals surface area contributed by atoms with Crippen LogP contribution >= 0.6 is 0 Å². The molecule has 0 N–H and O–H groups in total. The summed E-state index contributed by atoms with van der Waals surface area (Å²) in [5, 5.41) is 0. The highest BCUT2D eigenvalue weighted by atomic mass is 19.4. The molecule has 1 fully saturated rings. The van der Waals surface area contributed by atoms with E-state index in [0.29, 0.717) is 18.8 Å². The van der Waals surface area contributed by atoms with Crippen LogP contribution in [0.2, 0.25) is 0 Å². The fraction of sp³-hybridized carbons (Fsp3) is 0.400. The molecule has 1 amide bonds. The zero-order valence-corrected chi connectivity index (χ0v) is 12.2. The Morgan fingerprint density at radius 1 is 1.30 bits per heavy atom. The molecule has 122 valence electrons. The maximum atomic E-state index is 12.8. The predicted octanol–water partition coefficient (Wildman–Crippen LogP) is 2.68. The molecule has 8 heteroatoms. The van der Waals surface area contributed by atoms with Gasteiger partial charge in [0.05, 0.1) is 11.5 Å². The molecule has 0 bridgehead atoms. The summed E-state index contributed by atoms with van der Waals surface area (Å²) in [5.74, 6) is -1.27. The summed E-state index contributed by atoms with van der Waals surface area (Å²) < 4.78 is 40.2. The van der Waals surface area contributed by atoms with Crippen LogP contribution in [0.1, 0.15) is 23.2 Å². The summed E-state index contributed by atoms with van der Waals surface area (Å²) >= 11 is 0. The lowest BCUT2D eigenvalue weighted by Gasteiger charge is -2.33.